The number of nitrogens with two attached hydrogens (primary N) is 2. The fraction of sp³-hybridized carbons (Fsp3) is 1.00. The standard InChI is InChI=1S/C2H10N2O3Si/c3-1-2(4)8(5,6)7/h2,5-7H,1,3-4H2. The van der Waals surface area contributed by atoms with Gasteiger partial charge in [-0.1, -0.05) is 0 Å². The fourth-order valence-electron chi connectivity index (χ4n) is 0.158. The zero-order valence-corrected chi connectivity index (χ0v) is 5.28. The van der Waals surface area contributed by atoms with Crippen molar-refractivity contribution in [3.8, 4) is 0 Å². The van der Waals surface area contributed by atoms with Gasteiger partial charge in [-0.2, -0.15) is 0 Å². The van der Waals surface area contributed by atoms with Crippen molar-refractivity contribution in [1.82, 2.24) is 0 Å². The second-order valence-electron chi connectivity index (χ2n) is 1.53. The van der Waals surface area contributed by atoms with E-state index in [0.717, 1.165) is 0 Å². The van der Waals surface area contributed by atoms with Crippen LogP contribution in [-0.4, -0.2) is 35.4 Å². The van der Waals surface area contributed by atoms with Crippen LogP contribution in [0.4, 0.5) is 0 Å². The van der Waals surface area contributed by atoms with Crippen LogP contribution in [0, 0.1) is 0 Å². The van der Waals surface area contributed by atoms with Gasteiger partial charge in [0.1, 0.15) is 0 Å². The van der Waals surface area contributed by atoms with Crippen LogP contribution >= 0.6 is 0 Å². The third-order valence-electron chi connectivity index (χ3n) is 0.751. The molecule has 0 saturated heterocycles. The first-order valence-electron chi connectivity index (χ1n) is 2.11. The van der Waals surface area contributed by atoms with Crippen molar-refractivity contribution in [3.63, 3.8) is 0 Å². The number of hydrogen-bond donors (Lipinski definition) is 5. The lowest BCUT2D eigenvalue weighted by Crippen LogP contribution is -2.57. The van der Waals surface area contributed by atoms with Gasteiger partial charge in [0.05, 0.1) is 5.67 Å². The summed E-state index contributed by atoms with van der Waals surface area (Å²) in [4.78, 5) is 25.0. The van der Waals surface area contributed by atoms with Crippen molar-refractivity contribution in [1.29, 1.82) is 0 Å². The summed E-state index contributed by atoms with van der Waals surface area (Å²) in [6.45, 7) is -0.115. The highest BCUT2D eigenvalue weighted by molar-refractivity contribution is 6.58. The van der Waals surface area contributed by atoms with Gasteiger partial charge < -0.3 is 25.9 Å². The lowest BCUT2D eigenvalue weighted by atomic mass is 10.7. The molecule has 5 nitrogen and oxygen atoms in total. The Balaban J connectivity index is 3.62. The van der Waals surface area contributed by atoms with Crippen molar-refractivity contribution in [2.45, 2.75) is 5.67 Å². The number of hydrogen-bond acceptors (Lipinski definition) is 5. The summed E-state index contributed by atoms with van der Waals surface area (Å²) < 4.78 is 0. The SMILES string of the molecule is NCC(N)[Si](O)(O)O. The molecule has 8 heavy (non-hydrogen) atoms. The molecule has 0 aliphatic carbocycles. The highest BCUT2D eigenvalue weighted by atomic mass is 28.4. The van der Waals surface area contributed by atoms with E-state index in [1.54, 1.807) is 0 Å². The molecular formula is C2H10N2O3Si. The van der Waals surface area contributed by atoms with E-state index < -0.39 is 14.5 Å². The maximum Gasteiger partial charge on any atom is 0.511 e. The molecule has 0 aromatic heterocycles. The second kappa shape index (κ2) is 2.53. The van der Waals surface area contributed by atoms with E-state index in [9.17, 15) is 0 Å². The van der Waals surface area contributed by atoms with Crippen molar-refractivity contribution < 1.29 is 14.4 Å². The molecule has 0 bridgehead atoms. The van der Waals surface area contributed by atoms with Gasteiger partial charge in [0.15, 0.2) is 0 Å². The van der Waals surface area contributed by atoms with Crippen LogP contribution in [-0.2, 0) is 0 Å². The van der Waals surface area contributed by atoms with Gasteiger partial charge in [-0.3, -0.25) is 0 Å². The summed E-state index contributed by atoms with van der Waals surface area (Å²) >= 11 is 0. The Morgan fingerprint density at radius 2 is 1.75 bits per heavy atom. The molecule has 0 aliphatic heterocycles. The van der Waals surface area contributed by atoms with Gasteiger partial charge in [-0.15, -0.1) is 0 Å². The summed E-state index contributed by atoms with van der Waals surface area (Å²) in [5.74, 6) is 0. The van der Waals surface area contributed by atoms with E-state index in [1.165, 1.54) is 0 Å². The summed E-state index contributed by atoms with van der Waals surface area (Å²) in [5.41, 5.74) is 8.76. The van der Waals surface area contributed by atoms with E-state index in [4.69, 9.17) is 25.9 Å². The quantitative estimate of drug-likeness (QED) is 0.257. The molecule has 1 unspecified atom stereocenters. The Labute approximate surface area is 47.9 Å². The molecule has 0 aliphatic rings. The van der Waals surface area contributed by atoms with Crippen LogP contribution in [0.5, 0.6) is 0 Å². The molecule has 0 radical (unpaired) electrons. The Morgan fingerprint density at radius 1 is 1.38 bits per heavy atom. The lowest BCUT2D eigenvalue weighted by Gasteiger charge is -2.14. The molecule has 0 aromatic carbocycles. The molecule has 0 rings (SSSR count). The predicted molar refractivity (Wildman–Crippen MR) is 29.4 cm³/mol. The van der Waals surface area contributed by atoms with Crippen LogP contribution in [0.25, 0.3) is 0 Å². The van der Waals surface area contributed by atoms with Crippen molar-refractivity contribution in [3.05, 3.63) is 0 Å². The van der Waals surface area contributed by atoms with Gasteiger partial charge in [-0.05, 0) is 0 Å². The number of rotatable bonds is 2. The Hall–Kier alpha value is 0.0169. The summed E-state index contributed by atoms with van der Waals surface area (Å²) in [7, 11) is -4.11. The molecule has 7 N–H and O–H groups in total. The van der Waals surface area contributed by atoms with Gasteiger partial charge >= 0.3 is 8.80 Å². The van der Waals surface area contributed by atoms with Crippen molar-refractivity contribution >= 4 is 8.80 Å². The van der Waals surface area contributed by atoms with Crippen LogP contribution in [0.2, 0.25) is 0 Å². The van der Waals surface area contributed by atoms with E-state index in [-0.39, 0.29) is 6.54 Å². The third kappa shape index (κ3) is 2.36. The molecule has 0 heterocycles. The van der Waals surface area contributed by atoms with Gasteiger partial charge in [0, 0.05) is 6.54 Å². The molecule has 0 fully saturated rings. The van der Waals surface area contributed by atoms with Crippen LogP contribution in [0.3, 0.4) is 0 Å². The van der Waals surface area contributed by atoms with Gasteiger partial charge in [0.2, 0.25) is 0 Å². The summed E-state index contributed by atoms with van der Waals surface area (Å²) in [5, 5.41) is 0. The third-order valence-corrected chi connectivity index (χ3v) is 1.98. The van der Waals surface area contributed by atoms with Crippen LogP contribution < -0.4 is 11.5 Å². The smallest absolute Gasteiger partial charge is 0.389 e. The summed E-state index contributed by atoms with van der Waals surface area (Å²) in [6, 6.07) is 0. The molecular weight excluding hydrogens is 128 g/mol. The van der Waals surface area contributed by atoms with Crippen molar-refractivity contribution in [2.75, 3.05) is 6.54 Å². The van der Waals surface area contributed by atoms with E-state index in [2.05, 4.69) is 0 Å². The molecule has 0 saturated carbocycles. The van der Waals surface area contributed by atoms with E-state index in [0.29, 0.717) is 0 Å². The highest BCUT2D eigenvalue weighted by Crippen LogP contribution is 1.88. The minimum atomic E-state index is -4.11. The minimum absolute atomic E-state index is 0.115. The molecule has 50 valence electrons. The largest absolute Gasteiger partial charge is 0.511 e. The first-order valence-corrected chi connectivity index (χ1v) is 4.03. The van der Waals surface area contributed by atoms with Gasteiger partial charge in [-0.25, -0.2) is 0 Å². The Bertz CT molecular complexity index is 72.2. The zero-order chi connectivity index (χ0) is 6.78. The second-order valence-corrected chi connectivity index (χ2v) is 3.65. The average Bonchev–Trinajstić information content (AvgIpc) is 1.62. The molecule has 1 atom stereocenters. The first kappa shape index (κ1) is 8.02. The predicted octanol–water partition coefficient (Wildman–Crippen LogP) is -3.27. The maximum absolute atomic E-state index is 8.33. The molecule has 6 heteroatoms. The molecule has 0 spiro atoms. The molecule has 0 aromatic rings. The Morgan fingerprint density at radius 3 is 1.75 bits per heavy atom. The van der Waals surface area contributed by atoms with E-state index in [1.807, 2.05) is 0 Å². The monoisotopic (exact) mass is 138 g/mol. The highest BCUT2D eigenvalue weighted by Gasteiger charge is 2.34. The lowest BCUT2D eigenvalue weighted by molar-refractivity contribution is 0.213. The topological polar surface area (TPSA) is 113 Å². The zero-order valence-electron chi connectivity index (χ0n) is 4.28. The summed E-state index contributed by atoms with van der Waals surface area (Å²) in [6.07, 6.45) is 0. The average molecular weight is 138 g/mol. The normalized spacial score (nSPS) is 16.1. The molecule has 0 amide bonds. The van der Waals surface area contributed by atoms with Crippen molar-refractivity contribution in [2.24, 2.45) is 11.5 Å². The Kier molecular flexibility index (Phi) is 2.54. The van der Waals surface area contributed by atoms with Crippen LogP contribution in [0.15, 0.2) is 0 Å². The fourth-order valence-corrected chi connectivity index (χ4v) is 0.474. The first-order chi connectivity index (χ1) is 3.48. The maximum atomic E-state index is 8.33. The van der Waals surface area contributed by atoms with Gasteiger partial charge in [0.25, 0.3) is 0 Å². The minimum Gasteiger partial charge on any atom is -0.389 e. The van der Waals surface area contributed by atoms with E-state index >= 15 is 0 Å². The van der Waals surface area contributed by atoms with Crippen LogP contribution in [0.1, 0.15) is 0 Å².